The van der Waals surface area contributed by atoms with Crippen molar-refractivity contribution < 1.29 is 67.0 Å². The zero-order valence-electron chi connectivity index (χ0n) is 10.1. The summed E-state index contributed by atoms with van der Waals surface area (Å²) in [7, 11) is -7.27. The summed E-state index contributed by atoms with van der Waals surface area (Å²) in [6.07, 6.45) is -2.67. The average molecular weight is 330 g/mol. The third-order valence-electron chi connectivity index (χ3n) is 2.10. The van der Waals surface area contributed by atoms with Crippen molar-refractivity contribution in [3.63, 3.8) is 0 Å². The fraction of sp³-hybridized carbons (Fsp3) is 1.00. The van der Waals surface area contributed by atoms with E-state index in [1.165, 1.54) is 0 Å². The summed E-state index contributed by atoms with van der Waals surface area (Å²) < 4.78 is 131. The van der Waals surface area contributed by atoms with Gasteiger partial charge in [0.25, 0.3) is 0 Å². The zero-order valence-corrected chi connectivity index (χ0v) is 10.9. The number of hydrogen-bond donors (Lipinski definition) is 0. The summed E-state index contributed by atoms with van der Waals surface area (Å²) in [5, 5.41) is -6.87. The summed E-state index contributed by atoms with van der Waals surface area (Å²) >= 11 is 0. The molecule has 0 aromatic carbocycles. The van der Waals surface area contributed by atoms with Crippen LogP contribution in [0.5, 0.6) is 0 Å². The molecule has 0 aliphatic carbocycles. The molecule has 0 aliphatic heterocycles. The predicted octanol–water partition coefficient (Wildman–Crippen LogP) is -0.166. The van der Waals surface area contributed by atoms with Crippen LogP contribution in [0.25, 0.3) is 0 Å². The van der Waals surface area contributed by atoms with Gasteiger partial charge in [0, 0.05) is 6.42 Å². The van der Waals surface area contributed by atoms with Crippen LogP contribution in [0.15, 0.2) is 0 Å². The van der Waals surface area contributed by atoms with Gasteiger partial charge in [-0.3, -0.25) is 0 Å². The molecule has 3 nitrogen and oxygen atoms in total. The van der Waals surface area contributed by atoms with Crippen LogP contribution in [0.4, 0.5) is 35.1 Å². The number of rotatable bonds is 6. The normalized spacial score (nSPS) is 14.9. The minimum absolute atomic E-state index is 0. The maximum Gasteiger partial charge on any atom is 1.00 e. The Morgan fingerprint density at radius 3 is 1.50 bits per heavy atom. The quantitative estimate of drug-likeness (QED) is 0.386. The summed E-state index contributed by atoms with van der Waals surface area (Å²) in [6.45, 7) is 0.880. The van der Waals surface area contributed by atoms with Gasteiger partial charge in [-0.1, -0.05) is 13.3 Å². The minimum Gasteiger partial charge on any atom is -0.743 e. The molecule has 13 heteroatoms. The van der Waals surface area contributed by atoms with Gasteiger partial charge in [0.15, 0.2) is 10.1 Å². The molecule has 0 radical (unpaired) electrons. The fourth-order valence-electron chi connectivity index (χ4n) is 1.04. The molecular weight excluding hydrogens is 323 g/mol. The van der Waals surface area contributed by atoms with Gasteiger partial charge in [0.05, 0.1) is 0 Å². The van der Waals surface area contributed by atoms with Crippen molar-refractivity contribution in [2.75, 3.05) is 0 Å². The van der Waals surface area contributed by atoms with E-state index in [0.29, 0.717) is 0 Å². The predicted molar refractivity (Wildman–Crippen MR) is 44.4 cm³/mol. The molecule has 20 heavy (non-hydrogen) atoms. The standard InChI is InChI=1S/C7H8F8O3S.Li/c1-2-3-4(8,9)5(10,11)6(12,13)7(14,15)19(16,17)18;/h2-3H2,1H3,(H,16,17,18);/q;+1/p-1. The van der Waals surface area contributed by atoms with Crippen LogP contribution >= 0.6 is 0 Å². The molecule has 0 saturated heterocycles. The van der Waals surface area contributed by atoms with Crippen molar-refractivity contribution in [2.24, 2.45) is 0 Å². The first-order valence-electron chi connectivity index (χ1n) is 4.53. The molecule has 0 bridgehead atoms. The van der Waals surface area contributed by atoms with E-state index in [0.717, 1.165) is 6.92 Å². The van der Waals surface area contributed by atoms with E-state index in [1.54, 1.807) is 0 Å². The number of hydrogen-bond acceptors (Lipinski definition) is 3. The molecule has 0 fully saturated rings. The second-order valence-electron chi connectivity index (χ2n) is 3.57. The molecule has 0 aromatic rings. The first kappa shape index (κ1) is 22.2. The Bertz CT molecular complexity index is 435. The Morgan fingerprint density at radius 1 is 0.900 bits per heavy atom. The van der Waals surface area contributed by atoms with Gasteiger partial charge in [-0.2, -0.15) is 35.1 Å². The number of halogens is 8. The Kier molecular flexibility index (Phi) is 6.65. The Labute approximate surface area is 120 Å². The third-order valence-corrected chi connectivity index (χ3v) is 2.98. The van der Waals surface area contributed by atoms with E-state index in [4.69, 9.17) is 0 Å². The van der Waals surface area contributed by atoms with Crippen LogP contribution in [0.3, 0.4) is 0 Å². The molecule has 0 N–H and O–H groups in total. The van der Waals surface area contributed by atoms with E-state index in [1.807, 2.05) is 0 Å². The van der Waals surface area contributed by atoms with Crippen LogP contribution in [-0.2, 0) is 10.1 Å². The SMILES string of the molecule is CCCC(F)(F)C(F)(F)C(F)(F)C(F)(F)S(=O)(=O)[O-].[Li+]. The smallest absolute Gasteiger partial charge is 0.743 e. The van der Waals surface area contributed by atoms with Gasteiger partial charge in [-0.05, 0) is 0 Å². The fourth-order valence-corrected chi connectivity index (χ4v) is 1.48. The van der Waals surface area contributed by atoms with Gasteiger partial charge < -0.3 is 4.55 Å². The molecule has 0 aliphatic rings. The maximum atomic E-state index is 12.8. The third kappa shape index (κ3) is 3.23. The van der Waals surface area contributed by atoms with Gasteiger partial charge in [0.2, 0.25) is 0 Å². The van der Waals surface area contributed by atoms with E-state index in [2.05, 4.69) is 0 Å². The molecular formula is C7H7F8LiO3S. The molecule has 0 rings (SSSR count). The van der Waals surface area contributed by atoms with Gasteiger partial charge in [-0.15, -0.1) is 0 Å². The van der Waals surface area contributed by atoms with Crippen molar-refractivity contribution in [1.29, 1.82) is 0 Å². The summed E-state index contributed by atoms with van der Waals surface area (Å²) in [5.41, 5.74) is 0. The van der Waals surface area contributed by atoms with Crippen molar-refractivity contribution in [3.05, 3.63) is 0 Å². The molecule has 0 saturated carbocycles. The molecule has 0 amide bonds. The van der Waals surface area contributed by atoms with E-state index in [-0.39, 0.29) is 18.9 Å². The monoisotopic (exact) mass is 330 g/mol. The Morgan fingerprint density at radius 2 is 1.25 bits per heavy atom. The Balaban J connectivity index is 0. The van der Waals surface area contributed by atoms with Crippen molar-refractivity contribution in [1.82, 2.24) is 0 Å². The van der Waals surface area contributed by atoms with E-state index in [9.17, 15) is 48.1 Å². The van der Waals surface area contributed by atoms with E-state index >= 15 is 0 Å². The van der Waals surface area contributed by atoms with Crippen LogP contribution in [0, 0.1) is 0 Å². The van der Waals surface area contributed by atoms with Crippen LogP contribution in [-0.4, -0.2) is 36.0 Å². The first-order chi connectivity index (χ1) is 8.06. The summed E-state index contributed by atoms with van der Waals surface area (Å²) in [6, 6.07) is 0. The summed E-state index contributed by atoms with van der Waals surface area (Å²) in [5.74, 6) is -19.4. The zero-order chi connectivity index (χ0) is 15.9. The number of alkyl halides is 8. The van der Waals surface area contributed by atoms with E-state index < -0.39 is 46.0 Å². The molecule has 0 unspecified atom stereocenters. The molecule has 116 valence electrons. The van der Waals surface area contributed by atoms with Crippen molar-refractivity contribution >= 4 is 10.1 Å². The Hall–Kier alpha value is -0.0526. The van der Waals surface area contributed by atoms with Crippen molar-refractivity contribution in [3.8, 4) is 0 Å². The average Bonchev–Trinajstić information content (AvgIpc) is 2.14. The second kappa shape index (κ2) is 5.98. The van der Waals surface area contributed by atoms with Gasteiger partial charge in [0.1, 0.15) is 0 Å². The molecule has 0 atom stereocenters. The van der Waals surface area contributed by atoms with Gasteiger partial charge >= 0.3 is 41.9 Å². The molecule has 0 spiro atoms. The maximum absolute atomic E-state index is 12.8. The molecule has 0 heterocycles. The largest absolute Gasteiger partial charge is 1.00 e. The minimum atomic E-state index is -7.27. The second-order valence-corrected chi connectivity index (χ2v) is 5.00. The van der Waals surface area contributed by atoms with Gasteiger partial charge in [-0.25, -0.2) is 8.42 Å². The molecule has 0 aromatic heterocycles. The van der Waals surface area contributed by atoms with Crippen molar-refractivity contribution in [2.45, 2.75) is 42.8 Å². The van der Waals surface area contributed by atoms with Crippen LogP contribution in [0.2, 0.25) is 0 Å². The topological polar surface area (TPSA) is 57.2 Å². The van der Waals surface area contributed by atoms with Crippen LogP contribution < -0.4 is 18.9 Å². The summed E-state index contributed by atoms with van der Waals surface area (Å²) in [4.78, 5) is 0. The first-order valence-corrected chi connectivity index (χ1v) is 5.93. The van der Waals surface area contributed by atoms with Crippen LogP contribution in [0.1, 0.15) is 19.8 Å².